The number of aromatic nitrogens is 4. The Balaban J connectivity index is 2.09. The van der Waals surface area contributed by atoms with Crippen LogP contribution in [0.2, 0.25) is 0 Å². The molecule has 1 aromatic heterocycles. The molecule has 6 nitrogen and oxygen atoms in total. The highest BCUT2D eigenvalue weighted by atomic mass is 19.4. The molecule has 3 aromatic rings. The van der Waals surface area contributed by atoms with Crippen LogP contribution in [-0.2, 0) is 12.7 Å². The van der Waals surface area contributed by atoms with Gasteiger partial charge in [0.1, 0.15) is 11.5 Å². The summed E-state index contributed by atoms with van der Waals surface area (Å²) < 4.78 is 53.5. The summed E-state index contributed by atoms with van der Waals surface area (Å²) in [6.45, 7) is 1.77. The van der Waals surface area contributed by atoms with Crippen LogP contribution in [-0.4, -0.2) is 19.8 Å². The Morgan fingerprint density at radius 2 is 1.88 bits per heavy atom. The van der Waals surface area contributed by atoms with Crippen molar-refractivity contribution < 1.29 is 17.6 Å². The number of rotatable bonds is 3. The lowest BCUT2D eigenvalue weighted by molar-refractivity contribution is -0.137. The predicted octanol–water partition coefficient (Wildman–Crippen LogP) is 2.53. The average molecular weight is 367 g/mol. The van der Waals surface area contributed by atoms with Crippen molar-refractivity contribution in [3.63, 3.8) is 0 Å². The molecule has 2 N–H and O–H groups in total. The maximum absolute atomic E-state index is 14.1. The van der Waals surface area contributed by atoms with Crippen molar-refractivity contribution in [2.24, 2.45) is 0 Å². The fraction of sp³-hybridized carbons (Fsp3) is 0.188. The minimum absolute atomic E-state index is 0.00789. The number of nitrogen functional groups attached to an aromatic ring is 1. The van der Waals surface area contributed by atoms with Gasteiger partial charge in [0.2, 0.25) is 0 Å². The number of hydrogen-bond donors (Lipinski definition) is 1. The fourth-order valence-corrected chi connectivity index (χ4v) is 2.45. The molecule has 0 atom stereocenters. The van der Waals surface area contributed by atoms with Crippen LogP contribution in [0.5, 0.6) is 0 Å². The Kier molecular flexibility index (Phi) is 4.26. The maximum Gasteiger partial charge on any atom is 0.416 e. The van der Waals surface area contributed by atoms with Gasteiger partial charge in [0.25, 0.3) is 0 Å². The van der Waals surface area contributed by atoms with Crippen molar-refractivity contribution in [2.45, 2.75) is 19.6 Å². The van der Waals surface area contributed by atoms with Crippen molar-refractivity contribution in [3.05, 3.63) is 69.4 Å². The van der Waals surface area contributed by atoms with Gasteiger partial charge in [-0.25, -0.2) is 9.18 Å². The third-order valence-corrected chi connectivity index (χ3v) is 3.81. The van der Waals surface area contributed by atoms with Gasteiger partial charge in [-0.05, 0) is 47.5 Å². The van der Waals surface area contributed by atoms with E-state index in [1.165, 1.54) is 0 Å². The Hall–Kier alpha value is -3.17. The molecule has 136 valence electrons. The fourth-order valence-electron chi connectivity index (χ4n) is 2.45. The lowest BCUT2D eigenvalue weighted by Crippen LogP contribution is -2.24. The van der Waals surface area contributed by atoms with E-state index in [-0.39, 0.29) is 6.54 Å². The molecule has 0 unspecified atom stereocenters. The van der Waals surface area contributed by atoms with Crippen LogP contribution in [0.1, 0.15) is 16.7 Å². The summed E-state index contributed by atoms with van der Waals surface area (Å²) in [6.07, 6.45) is -4.68. The van der Waals surface area contributed by atoms with Crippen LogP contribution in [0.3, 0.4) is 0 Å². The average Bonchev–Trinajstić information content (AvgIpc) is 2.91. The first-order chi connectivity index (χ1) is 12.2. The second-order valence-corrected chi connectivity index (χ2v) is 5.67. The first-order valence-corrected chi connectivity index (χ1v) is 7.42. The molecule has 3 rings (SSSR count). The number of nitrogens with zero attached hydrogens (tertiary/aromatic N) is 4. The number of tetrazole rings is 1. The van der Waals surface area contributed by atoms with Crippen molar-refractivity contribution in [2.75, 3.05) is 5.73 Å². The number of alkyl halides is 3. The smallest absolute Gasteiger partial charge is 0.399 e. The lowest BCUT2D eigenvalue weighted by atomic mass is 10.1. The van der Waals surface area contributed by atoms with Gasteiger partial charge in [-0.15, -0.1) is 0 Å². The van der Waals surface area contributed by atoms with Crippen molar-refractivity contribution in [1.29, 1.82) is 0 Å². The molecule has 0 saturated heterocycles. The molecule has 0 aliphatic heterocycles. The van der Waals surface area contributed by atoms with Gasteiger partial charge in [0.05, 0.1) is 12.1 Å². The van der Waals surface area contributed by atoms with E-state index in [4.69, 9.17) is 5.73 Å². The van der Waals surface area contributed by atoms with Gasteiger partial charge < -0.3 is 5.73 Å². The topological polar surface area (TPSA) is 78.7 Å². The van der Waals surface area contributed by atoms with Crippen LogP contribution >= 0.6 is 0 Å². The number of hydrogen-bond acceptors (Lipinski definition) is 4. The minimum atomic E-state index is -4.68. The second kappa shape index (κ2) is 6.28. The minimum Gasteiger partial charge on any atom is -0.399 e. The SMILES string of the molecule is Cc1cc(Cn2nnc(=O)n2-c2cc(C(F)(F)F)ccc2F)ccc1N. The Morgan fingerprint density at radius 1 is 1.15 bits per heavy atom. The normalized spacial score (nSPS) is 11.7. The number of nitrogens with two attached hydrogens (primary N) is 1. The molecule has 10 heteroatoms. The zero-order chi connectivity index (χ0) is 19.1. The molecular formula is C16H13F4N5O. The van der Waals surface area contributed by atoms with E-state index in [0.717, 1.165) is 10.4 Å². The van der Waals surface area contributed by atoms with E-state index in [1.807, 2.05) is 0 Å². The van der Waals surface area contributed by atoms with Crippen molar-refractivity contribution >= 4 is 5.69 Å². The number of aryl methyl sites for hydroxylation is 1. The van der Waals surface area contributed by atoms with Gasteiger partial charge in [-0.3, -0.25) is 0 Å². The van der Waals surface area contributed by atoms with Crippen LogP contribution in [0.25, 0.3) is 5.69 Å². The van der Waals surface area contributed by atoms with E-state index >= 15 is 0 Å². The molecule has 0 spiro atoms. The van der Waals surface area contributed by atoms with E-state index in [1.54, 1.807) is 25.1 Å². The van der Waals surface area contributed by atoms with Gasteiger partial charge >= 0.3 is 11.9 Å². The third kappa shape index (κ3) is 3.30. The lowest BCUT2D eigenvalue weighted by Gasteiger charge is -2.13. The highest BCUT2D eigenvalue weighted by molar-refractivity contribution is 5.47. The van der Waals surface area contributed by atoms with Crippen LogP contribution in [0, 0.1) is 12.7 Å². The Labute approximate surface area is 144 Å². The predicted molar refractivity (Wildman–Crippen MR) is 85.3 cm³/mol. The second-order valence-electron chi connectivity index (χ2n) is 5.67. The highest BCUT2D eigenvalue weighted by Gasteiger charge is 2.32. The van der Waals surface area contributed by atoms with E-state index in [0.29, 0.717) is 34.1 Å². The van der Waals surface area contributed by atoms with Gasteiger partial charge in [0.15, 0.2) is 0 Å². The molecule has 0 fully saturated rings. The third-order valence-electron chi connectivity index (χ3n) is 3.81. The van der Waals surface area contributed by atoms with Crippen LogP contribution in [0.4, 0.5) is 23.2 Å². The molecule has 0 amide bonds. The molecule has 0 aliphatic rings. The zero-order valence-corrected chi connectivity index (χ0v) is 13.5. The number of anilines is 1. The Morgan fingerprint density at radius 3 is 2.54 bits per heavy atom. The van der Waals surface area contributed by atoms with Crippen LogP contribution < -0.4 is 11.4 Å². The zero-order valence-electron chi connectivity index (χ0n) is 13.5. The summed E-state index contributed by atoms with van der Waals surface area (Å²) in [5, 5.41) is 6.92. The molecule has 1 heterocycles. The summed E-state index contributed by atoms with van der Waals surface area (Å²) in [6, 6.07) is 6.84. The quantitative estimate of drug-likeness (QED) is 0.570. The van der Waals surface area contributed by atoms with E-state index in [2.05, 4.69) is 10.3 Å². The largest absolute Gasteiger partial charge is 0.416 e. The number of halogens is 4. The molecule has 0 radical (unpaired) electrons. The van der Waals surface area contributed by atoms with E-state index < -0.39 is 28.9 Å². The molecule has 0 saturated carbocycles. The Bertz CT molecular complexity index is 1020. The molecule has 0 aliphatic carbocycles. The summed E-state index contributed by atoms with van der Waals surface area (Å²) in [5.41, 5.74) is 5.09. The standard InChI is InChI=1S/C16H13F4N5O/c1-9-6-10(2-5-13(9)21)8-24-23-22-15(26)25(24)14-7-11(16(18,19)20)3-4-12(14)17/h2-7H,8,21H2,1H3. The summed E-state index contributed by atoms with van der Waals surface area (Å²) in [7, 11) is 0. The van der Waals surface area contributed by atoms with Gasteiger partial charge in [0, 0.05) is 5.69 Å². The molecular weight excluding hydrogens is 354 g/mol. The monoisotopic (exact) mass is 367 g/mol. The van der Waals surface area contributed by atoms with E-state index in [9.17, 15) is 22.4 Å². The van der Waals surface area contributed by atoms with Crippen molar-refractivity contribution in [1.82, 2.24) is 19.8 Å². The van der Waals surface area contributed by atoms with Crippen LogP contribution in [0.15, 0.2) is 41.2 Å². The highest BCUT2D eigenvalue weighted by Crippen LogP contribution is 2.31. The maximum atomic E-state index is 14.1. The van der Waals surface area contributed by atoms with Gasteiger partial charge in [-0.1, -0.05) is 17.2 Å². The summed E-state index contributed by atoms with van der Waals surface area (Å²) in [5.74, 6) is -1.00. The molecule has 2 aromatic carbocycles. The first kappa shape index (κ1) is 17.6. The number of benzene rings is 2. The van der Waals surface area contributed by atoms with Gasteiger partial charge in [-0.2, -0.15) is 22.6 Å². The molecule has 26 heavy (non-hydrogen) atoms. The molecule has 0 bridgehead atoms. The van der Waals surface area contributed by atoms with Crippen molar-refractivity contribution in [3.8, 4) is 5.69 Å². The summed E-state index contributed by atoms with van der Waals surface area (Å²) >= 11 is 0. The first-order valence-electron chi connectivity index (χ1n) is 7.42. The summed E-state index contributed by atoms with van der Waals surface area (Å²) in [4.78, 5) is 13.0.